The van der Waals surface area contributed by atoms with Crippen LogP contribution in [0.4, 0.5) is 0 Å². The van der Waals surface area contributed by atoms with E-state index in [0.29, 0.717) is 19.4 Å². The van der Waals surface area contributed by atoms with E-state index in [1.54, 1.807) is 23.1 Å². The fourth-order valence-electron chi connectivity index (χ4n) is 3.59. The Morgan fingerprint density at radius 3 is 2.96 bits per heavy atom. The highest BCUT2D eigenvalue weighted by atomic mass is 35.5. The van der Waals surface area contributed by atoms with Gasteiger partial charge in [-0.2, -0.15) is 0 Å². The third-order valence-electron chi connectivity index (χ3n) is 4.83. The molecule has 0 bridgehead atoms. The first-order valence-corrected chi connectivity index (χ1v) is 11.0. The van der Waals surface area contributed by atoms with Gasteiger partial charge in [0.05, 0.1) is 19.3 Å². The smallest absolute Gasteiger partial charge is 0.142 e. The second-order valence-corrected chi connectivity index (χ2v) is 9.82. The van der Waals surface area contributed by atoms with E-state index >= 15 is 0 Å². The van der Waals surface area contributed by atoms with E-state index in [-0.39, 0.29) is 11.9 Å². The molecule has 26 heavy (non-hydrogen) atoms. The van der Waals surface area contributed by atoms with E-state index in [9.17, 15) is 10.2 Å². The Morgan fingerprint density at radius 2 is 2.31 bits per heavy atom. The van der Waals surface area contributed by atoms with Crippen LogP contribution in [-0.4, -0.2) is 39.7 Å². The number of allylic oxidation sites excluding steroid dienone is 4. The largest absolute Gasteiger partial charge is 0.395 e. The number of hydrogen-bond donors (Lipinski definition) is 2. The van der Waals surface area contributed by atoms with E-state index < -0.39 is 11.0 Å². The molecular formula is C20H25ClO3S2. The number of thioether (sulfide) groups is 1. The molecule has 0 aromatic carbocycles. The van der Waals surface area contributed by atoms with E-state index in [1.165, 1.54) is 4.88 Å². The lowest BCUT2D eigenvalue weighted by molar-refractivity contribution is 0.0317. The van der Waals surface area contributed by atoms with E-state index in [4.69, 9.17) is 16.3 Å². The molecular weight excluding hydrogens is 388 g/mol. The molecule has 3 nitrogen and oxygen atoms in total. The summed E-state index contributed by atoms with van der Waals surface area (Å²) in [5.41, 5.74) is 3.26. The van der Waals surface area contributed by atoms with Crippen molar-refractivity contribution in [3.8, 4) is 0 Å². The number of thiophene rings is 1. The maximum atomic E-state index is 10.3. The molecule has 3 rings (SSSR count). The molecule has 2 unspecified atom stereocenters. The van der Waals surface area contributed by atoms with Crippen LogP contribution < -0.4 is 0 Å². The van der Waals surface area contributed by atoms with Gasteiger partial charge in [-0.3, -0.25) is 0 Å². The molecule has 0 amide bonds. The third-order valence-corrected chi connectivity index (χ3v) is 7.70. The van der Waals surface area contributed by atoms with Crippen LogP contribution in [0.2, 0.25) is 0 Å². The van der Waals surface area contributed by atoms with Crippen LogP contribution in [0.15, 0.2) is 51.4 Å². The summed E-state index contributed by atoms with van der Waals surface area (Å²) in [6.45, 7) is 4.57. The van der Waals surface area contributed by atoms with Gasteiger partial charge in [-0.05, 0) is 54.5 Å². The van der Waals surface area contributed by atoms with Crippen molar-refractivity contribution in [1.82, 2.24) is 0 Å². The Hall–Kier alpha value is -0.560. The van der Waals surface area contributed by atoms with Gasteiger partial charge < -0.3 is 14.9 Å². The van der Waals surface area contributed by atoms with E-state index in [0.717, 1.165) is 28.2 Å². The lowest BCUT2D eigenvalue weighted by Gasteiger charge is -2.39. The predicted octanol–water partition coefficient (Wildman–Crippen LogP) is 4.65. The normalized spacial score (nSPS) is 33.3. The zero-order valence-electron chi connectivity index (χ0n) is 15.1. The van der Waals surface area contributed by atoms with Crippen molar-refractivity contribution in [3.05, 3.63) is 56.3 Å². The Labute approximate surface area is 168 Å². The summed E-state index contributed by atoms with van der Waals surface area (Å²) < 4.78 is 6.16. The third kappa shape index (κ3) is 4.29. The summed E-state index contributed by atoms with van der Waals surface area (Å²) in [5.74, 6) is 0. The average Bonchev–Trinajstić information content (AvgIpc) is 3.22. The molecule has 2 fully saturated rings. The highest BCUT2D eigenvalue weighted by molar-refractivity contribution is 8.01. The number of aliphatic hydroxyl groups excluding tert-OH is 2. The van der Waals surface area contributed by atoms with Crippen LogP contribution in [0.1, 0.15) is 31.6 Å². The number of rotatable bonds is 4. The van der Waals surface area contributed by atoms with Crippen molar-refractivity contribution < 1.29 is 14.9 Å². The summed E-state index contributed by atoms with van der Waals surface area (Å²) in [6, 6.07) is 4.17. The first kappa shape index (κ1) is 20.2. The van der Waals surface area contributed by atoms with Crippen LogP contribution in [0.25, 0.3) is 0 Å². The molecule has 2 saturated heterocycles. The van der Waals surface area contributed by atoms with Gasteiger partial charge in [-0.1, -0.05) is 23.7 Å². The fraction of sp³-hybridized carbons (Fsp3) is 0.500. The van der Waals surface area contributed by atoms with E-state index in [1.807, 2.05) is 13.0 Å². The zero-order valence-corrected chi connectivity index (χ0v) is 17.5. The summed E-state index contributed by atoms with van der Waals surface area (Å²) in [4.78, 5) is 0.714. The van der Waals surface area contributed by atoms with Crippen molar-refractivity contribution in [1.29, 1.82) is 0 Å². The number of hydrogen-bond acceptors (Lipinski definition) is 5. The monoisotopic (exact) mass is 412 g/mol. The minimum atomic E-state index is -0.579. The molecule has 2 aliphatic heterocycles. The molecule has 0 radical (unpaired) electrons. The Bertz CT molecular complexity index is 723. The molecule has 1 aromatic heterocycles. The standard InChI is InChI=1S/C20H25ClO3S2/c1-3-18-14(8-19(21)13(2)7-16-5-4-6-25-16)12-24-20(18)10-15(23)9-17(11-22)26-20/h3-6,8,15,17,22-23H,7,9-12H2,1-2H3/b14-8-,18-3+,19-13-/t15?,17?,20-/m1/s1. The molecule has 2 N–H and O–H groups in total. The maximum absolute atomic E-state index is 10.3. The molecule has 3 atom stereocenters. The average molecular weight is 413 g/mol. The summed E-state index contributed by atoms with van der Waals surface area (Å²) >= 11 is 9.95. The van der Waals surface area contributed by atoms with Gasteiger partial charge in [0.15, 0.2) is 0 Å². The topological polar surface area (TPSA) is 49.7 Å². The Kier molecular flexibility index (Phi) is 6.70. The lowest BCUT2D eigenvalue weighted by Crippen LogP contribution is -2.40. The van der Waals surface area contributed by atoms with Gasteiger partial charge >= 0.3 is 0 Å². The van der Waals surface area contributed by atoms with Crippen LogP contribution in [0.5, 0.6) is 0 Å². The molecule has 142 valence electrons. The van der Waals surface area contributed by atoms with Crippen molar-refractivity contribution in [2.75, 3.05) is 13.2 Å². The molecule has 0 saturated carbocycles. The van der Waals surface area contributed by atoms with Crippen LogP contribution >= 0.6 is 34.7 Å². The number of halogens is 1. The van der Waals surface area contributed by atoms with Gasteiger partial charge in [0.2, 0.25) is 0 Å². The number of aliphatic hydroxyl groups is 2. The van der Waals surface area contributed by atoms with Crippen molar-refractivity contribution in [2.45, 2.75) is 49.4 Å². The van der Waals surface area contributed by atoms with Gasteiger partial charge in [0, 0.05) is 28.0 Å². The fourth-order valence-corrected chi connectivity index (χ4v) is 6.31. The molecule has 2 aliphatic rings. The Balaban J connectivity index is 1.84. The first-order chi connectivity index (χ1) is 12.5. The highest BCUT2D eigenvalue weighted by Crippen LogP contribution is 2.52. The zero-order chi connectivity index (χ0) is 18.7. The second kappa shape index (κ2) is 8.63. The van der Waals surface area contributed by atoms with Gasteiger partial charge in [-0.25, -0.2) is 0 Å². The van der Waals surface area contributed by atoms with Gasteiger partial charge in [0.25, 0.3) is 0 Å². The highest BCUT2D eigenvalue weighted by Gasteiger charge is 2.48. The van der Waals surface area contributed by atoms with E-state index in [2.05, 4.69) is 30.5 Å². The molecule has 1 spiro atoms. The second-order valence-electron chi connectivity index (χ2n) is 6.81. The quantitative estimate of drug-likeness (QED) is 0.755. The molecule has 6 heteroatoms. The molecule has 1 aromatic rings. The summed E-state index contributed by atoms with van der Waals surface area (Å²) in [7, 11) is 0. The van der Waals surface area contributed by atoms with Gasteiger partial charge in [-0.15, -0.1) is 23.1 Å². The minimum Gasteiger partial charge on any atom is -0.395 e. The van der Waals surface area contributed by atoms with Crippen LogP contribution in [0, 0.1) is 0 Å². The molecule has 0 aliphatic carbocycles. The van der Waals surface area contributed by atoms with Crippen molar-refractivity contribution in [3.63, 3.8) is 0 Å². The van der Waals surface area contributed by atoms with Crippen molar-refractivity contribution >= 4 is 34.7 Å². The SMILES string of the molecule is C\C=C1/C(=C\C(Cl)=C(/C)Cc2cccs2)CO[C@@]12CC(O)CC(CO)S2. The summed E-state index contributed by atoms with van der Waals surface area (Å²) in [6.07, 6.45) is 5.58. The maximum Gasteiger partial charge on any atom is 0.142 e. The van der Waals surface area contributed by atoms with Crippen LogP contribution in [-0.2, 0) is 11.2 Å². The number of ether oxygens (including phenoxy) is 1. The minimum absolute atomic E-state index is 0.0142. The lowest BCUT2D eigenvalue weighted by atomic mass is 9.95. The predicted molar refractivity (Wildman–Crippen MR) is 111 cm³/mol. The van der Waals surface area contributed by atoms with Gasteiger partial charge in [0.1, 0.15) is 4.93 Å². The molecule has 3 heterocycles. The Morgan fingerprint density at radius 1 is 1.50 bits per heavy atom. The first-order valence-electron chi connectivity index (χ1n) is 8.83. The van der Waals surface area contributed by atoms with Crippen LogP contribution in [0.3, 0.4) is 0 Å². The van der Waals surface area contributed by atoms with Crippen molar-refractivity contribution in [2.24, 2.45) is 0 Å². The summed E-state index contributed by atoms with van der Waals surface area (Å²) in [5, 5.41) is 22.6.